The summed E-state index contributed by atoms with van der Waals surface area (Å²) >= 11 is 0. The minimum absolute atomic E-state index is 0.246. The SMILES string of the molecule is COCC1(c2nc(-c3cccc4[nH]ccc34)no2)CCOCC1. The number of ether oxygens (including phenoxy) is 2. The first-order valence-electron chi connectivity index (χ1n) is 7.80. The molecule has 4 rings (SSSR count). The molecule has 1 aliphatic rings. The summed E-state index contributed by atoms with van der Waals surface area (Å²) in [5.41, 5.74) is 1.79. The molecular formula is C17H19N3O3. The largest absolute Gasteiger partial charge is 0.384 e. The lowest BCUT2D eigenvalue weighted by Gasteiger charge is -2.32. The van der Waals surface area contributed by atoms with Gasteiger partial charge in [0.1, 0.15) is 0 Å². The van der Waals surface area contributed by atoms with Gasteiger partial charge in [-0.2, -0.15) is 4.98 Å². The highest BCUT2D eigenvalue weighted by molar-refractivity contribution is 5.93. The van der Waals surface area contributed by atoms with Crippen LogP contribution in [0, 0.1) is 0 Å². The van der Waals surface area contributed by atoms with Crippen LogP contribution in [0.1, 0.15) is 18.7 Å². The summed E-state index contributed by atoms with van der Waals surface area (Å²) < 4.78 is 16.5. The molecule has 23 heavy (non-hydrogen) atoms. The number of hydrogen-bond donors (Lipinski definition) is 1. The molecule has 0 radical (unpaired) electrons. The van der Waals surface area contributed by atoms with Gasteiger partial charge >= 0.3 is 0 Å². The molecule has 1 saturated heterocycles. The average molecular weight is 313 g/mol. The predicted molar refractivity (Wildman–Crippen MR) is 85.2 cm³/mol. The normalized spacial score (nSPS) is 17.6. The third-order valence-electron chi connectivity index (χ3n) is 4.59. The Kier molecular flexibility index (Phi) is 3.63. The first-order valence-corrected chi connectivity index (χ1v) is 7.80. The Bertz CT molecular complexity index is 797. The summed E-state index contributed by atoms with van der Waals surface area (Å²) in [6.45, 7) is 1.94. The average Bonchev–Trinajstić information content (AvgIpc) is 3.25. The summed E-state index contributed by atoms with van der Waals surface area (Å²) in [5.74, 6) is 1.26. The second-order valence-corrected chi connectivity index (χ2v) is 5.99. The van der Waals surface area contributed by atoms with Crippen LogP contribution in [0.15, 0.2) is 35.0 Å². The molecule has 3 aromatic rings. The van der Waals surface area contributed by atoms with Crippen LogP contribution in [0.2, 0.25) is 0 Å². The topological polar surface area (TPSA) is 73.2 Å². The van der Waals surface area contributed by atoms with E-state index in [1.165, 1.54) is 0 Å². The zero-order chi connectivity index (χ0) is 15.7. The fourth-order valence-corrected chi connectivity index (χ4v) is 3.29. The second-order valence-electron chi connectivity index (χ2n) is 5.99. The van der Waals surface area contributed by atoms with Gasteiger partial charge in [-0.15, -0.1) is 0 Å². The summed E-state index contributed by atoms with van der Waals surface area (Å²) in [4.78, 5) is 7.90. The van der Waals surface area contributed by atoms with E-state index in [9.17, 15) is 0 Å². The Morgan fingerprint density at radius 1 is 1.26 bits per heavy atom. The van der Waals surface area contributed by atoms with Gasteiger partial charge in [0.05, 0.1) is 12.0 Å². The van der Waals surface area contributed by atoms with Crippen molar-refractivity contribution in [2.75, 3.05) is 26.9 Å². The van der Waals surface area contributed by atoms with Crippen LogP contribution in [0.3, 0.4) is 0 Å². The third-order valence-corrected chi connectivity index (χ3v) is 4.59. The number of nitrogens with zero attached hydrogens (tertiary/aromatic N) is 2. The number of methoxy groups -OCH3 is 1. The minimum atomic E-state index is -0.246. The maximum atomic E-state index is 5.63. The van der Waals surface area contributed by atoms with Crippen molar-refractivity contribution in [3.05, 3.63) is 36.4 Å². The molecule has 1 N–H and O–H groups in total. The Morgan fingerprint density at radius 2 is 2.13 bits per heavy atom. The highest BCUT2D eigenvalue weighted by Crippen LogP contribution is 2.35. The standard InChI is InChI=1S/C17H19N3O3/c1-21-11-17(6-9-22-10-7-17)16-19-15(20-23-16)13-3-2-4-14-12(13)5-8-18-14/h2-5,8,18H,6-7,9-11H2,1H3. The molecule has 1 aliphatic heterocycles. The Balaban J connectivity index is 1.75. The molecule has 0 spiro atoms. The van der Waals surface area contributed by atoms with Gasteiger partial charge in [-0.1, -0.05) is 17.3 Å². The van der Waals surface area contributed by atoms with Crippen LogP contribution >= 0.6 is 0 Å². The van der Waals surface area contributed by atoms with Gasteiger partial charge in [0.15, 0.2) is 0 Å². The molecular weight excluding hydrogens is 294 g/mol. The van der Waals surface area contributed by atoms with Crippen LogP contribution in [0.25, 0.3) is 22.3 Å². The Hall–Kier alpha value is -2.18. The van der Waals surface area contributed by atoms with E-state index in [2.05, 4.69) is 10.1 Å². The number of rotatable bonds is 4. The maximum absolute atomic E-state index is 5.63. The van der Waals surface area contributed by atoms with E-state index in [0.717, 1.165) is 29.3 Å². The maximum Gasteiger partial charge on any atom is 0.235 e. The van der Waals surface area contributed by atoms with Crippen LogP contribution in [-0.4, -0.2) is 42.1 Å². The summed E-state index contributed by atoms with van der Waals surface area (Å²) in [6.07, 6.45) is 3.58. The predicted octanol–water partition coefficient (Wildman–Crippen LogP) is 2.91. The molecule has 0 bridgehead atoms. The lowest BCUT2D eigenvalue weighted by molar-refractivity contribution is 0.000216. The van der Waals surface area contributed by atoms with E-state index in [0.29, 0.717) is 31.5 Å². The van der Waals surface area contributed by atoms with Crippen molar-refractivity contribution < 1.29 is 14.0 Å². The monoisotopic (exact) mass is 313 g/mol. The van der Waals surface area contributed by atoms with Gasteiger partial charge in [-0.05, 0) is 25.0 Å². The fraction of sp³-hybridized carbons (Fsp3) is 0.412. The van der Waals surface area contributed by atoms with Crippen molar-refractivity contribution in [1.29, 1.82) is 0 Å². The number of fused-ring (bicyclic) bond motifs is 1. The van der Waals surface area contributed by atoms with Crippen molar-refractivity contribution >= 4 is 10.9 Å². The number of aromatic amines is 1. The van der Waals surface area contributed by atoms with Gasteiger partial charge in [-0.3, -0.25) is 0 Å². The summed E-state index contributed by atoms with van der Waals surface area (Å²) in [6, 6.07) is 8.06. The van der Waals surface area contributed by atoms with Crippen molar-refractivity contribution in [3.8, 4) is 11.4 Å². The van der Waals surface area contributed by atoms with Gasteiger partial charge in [0.2, 0.25) is 11.7 Å². The van der Waals surface area contributed by atoms with Crippen molar-refractivity contribution in [1.82, 2.24) is 15.1 Å². The van der Waals surface area contributed by atoms with Crippen LogP contribution in [0.4, 0.5) is 0 Å². The molecule has 6 nitrogen and oxygen atoms in total. The Labute approximate surface area is 133 Å². The van der Waals surface area contributed by atoms with E-state index in [-0.39, 0.29) is 5.41 Å². The van der Waals surface area contributed by atoms with Gasteiger partial charge in [0.25, 0.3) is 0 Å². The van der Waals surface area contributed by atoms with Gasteiger partial charge in [-0.25, -0.2) is 0 Å². The van der Waals surface area contributed by atoms with E-state index in [1.807, 2.05) is 30.5 Å². The molecule has 3 heterocycles. The highest BCUT2D eigenvalue weighted by atomic mass is 16.5. The fourth-order valence-electron chi connectivity index (χ4n) is 3.29. The quantitative estimate of drug-likeness (QED) is 0.801. The molecule has 2 aromatic heterocycles. The lowest BCUT2D eigenvalue weighted by Crippen LogP contribution is -2.38. The van der Waals surface area contributed by atoms with Gasteiger partial charge < -0.3 is 19.0 Å². The number of H-pyrrole nitrogens is 1. The first-order chi connectivity index (χ1) is 11.3. The van der Waals surface area contributed by atoms with E-state index in [1.54, 1.807) is 7.11 Å². The van der Waals surface area contributed by atoms with Gasteiger partial charge in [0, 0.05) is 43.0 Å². The van der Waals surface area contributed by atoms with E-state index >= 15 is 0 Å². The lowest BCUT2D eigenvalue weighted by atomic mass is 9.81. The number of aromatic nitrogens is 3. The van der Waals surface area contributed by atoms with Crippen molar-refractivity contribution in [2.24, 2.45) is 0 Å². The van der Waals surface area contributed by atoms with Crippen molar-refractivity contribution in [3.63, 3.8) is 0 Å². The highest BCUT2D eigenvalue weighted by Gasteiger charge is 2.40. The molecule has 0 aliphatic carbocycles. The van der Waals surface area contributed by atoms with Crippen LogP contribution in [-0.2, 0) is 14.9 Å². The van der Waals surface area contributed by atoms with Crippen LogP contribution < -0.4 is 0 Å². The summed E-state index contributed by atoms with van der Waals surface area (Å²) in [7, 11) is 1.70. The molecule has 6 heteroatoms. The smallest absolute Gasteiger partial charge is 0.235 e. The number of nitrogens with one attached hydrogen (secondary N) is 1. The molecule has 0 amide bonds. The number of hydrogen-bond acceptors (Lipinski definition) is 5. The molecule has 1 aromatic carbocycles. The minimum Gasteiger partial charge on any atom is -0.384 e. The van der Waals surface area contributed by atoms with E-state index in [4.69, 9.17) is 19.0 Å². The third kappa shape index (κ3) is 2.44. The zero-order valence-electron chi connectivity index (χ0n) is 13.0. The zero-order valence-corrected chi connectivity index (χ0v) is 13.0. The molecule has 120 valence electrons. The molecule has 1 fully saturated rings. The number of benzene rings is 1. The van der Waals surface area contributed by atoms with E-state index < -0.39 is 0 Å². The van der Waals surface area contributed by atoms with Crippen molar-refractivity contribution in [2.45, 2.75) is 18.3 Å². The summed E-state index contributed by atoms with van der Waals surface area (Å²) in [5, 5.41) is 5.31. The Morgan fingerprint density at radius 3 is 2.96 bits per heavy atom. The first kappa shape index (κ1) is 14.4. The molecule has 0 saturated carbocycles. The van der Waals surface area contributed by atoms with Crippen LogP contribution in [0.5, 0.6) is 0 Å². The molecule has 0 atom stereocenters. The molecule has 0 unspecified atom stereocenters. The second kappa shape index (κ2) is 5.79.